The van der Waals surface area contributed by atoms with Gasteiger partial charge in [0.15, 0.2) is 0 Å². The highest BCUT2D eigenvalue weighted by atomic mass is 32.2. The van der Waals surface area contributed by atoms with Gasteiger partial charge in [-0.05, 0) is 49.2 Å². The maximum Gasteiger partial charge on any atom is 0.126 e. The molecule has 0 saturated carbocycles. The van der Waals surface area contributed by atoms with Gasteiger partial charge in [0.1, 0.15) is 11.6 Å². The lowest BCUT2D eigenvalue weighted by atomic mass is 10.1. The normalized spacial score (nSPS) is 12.4. The van der Waals surface area contributed by atoms with E-state index < -0.39 is 11.6 Å². The van der Waals surface area contributed by atoms with E-state index in [4.69, 9.17) is 5.84 Å². The minimum absolute atomic E-state index is 0.133. The molecule has 1 atom stereocenters. The van der Waals surface area contributed by atoms with Gasteiger partial charge in [-0.3, -0.25) is 11.3 Å². The van der Waals surface area contributed by atoms with Crippen molar-refractivity contribution in [2.45, 2.75) is 24.3 Å². The Hall–Kier alpha value is -1.43. The minimum atomic E-state index is -0.437. The second kappa shape index (κ2) is 7.54. The van der Waals surface area contributed by atoms with E-state index >= 15 is 0 Å². The highest BCUT2D eigenvalue weighted by Crippen LogP contribution is 2.21. The third-order valence-electron chi connectivity index (χ3n) is 3.15. The zero-order valence-corrected chi connectivity index (χ0v) is 12.6. The summed E-state index contributed by atoms with van der Waals surface area (Å²) in [6.45, 7) is 2.03. The molecular formula is C16H18F2N2S. The van der Waals surface area contributed by atoms with Crippen molar-refractivity contribution in [1.29, 1.82) is 0 Å². The molecule has 0 aliphatic heterocycles. The van der Waals surface area contributed by atoms with Gasteiger partial charge in [0.2, 0.25) is 0 Å². The second-order valence-corrected chi connectivity index (χ2v) is 6.02. The Kier molecular flexibility index (Phi) is 5.73. The van der Waals surface area contributed by atoms with Gasteiger partial charge in [0.25, 0.3) is 0 Å². The van der Waals surface area contributed by atoms with E-state index in [9.17, 15) is 8.78 Å². The first kappa shape index (κ1) is 15.9. The minimum Gasteiger partial charge on any atom is -0.271 e. The molecule has 0 fully saturated rings. The molecule has 2 nitrogen and oxygen atoms in total. The predicted octanol–water partition coefficient (Wildman–Crippen LogP) is 3.44. The van der Waals surface area contributed by atoms with E-state index in [1.807, 2.05) is 25.1 Å². The van der Waals surface area contributed by atoms with Crippen molar-refractivity contribution >= 4 is 11.8 Å². The monoisotopic (exact) mass is 308 g/mol. The summed E-state index contributed by atoms with van der Waals surface area (Å²) in [6.07, 6.45) is 0.346. The number of nitrogens with one attached hydrogen (secondary N) is 1. The van der Waals surface area contributed by atoms with Crippen LogP contribution in [0, 0.1) is 18.6 Å². The van der Waals surface area contributed by atoms with Crippen LogP contribution in [-0.2, 0) is 6.42 Å². The van der Waals surface area contributed by atoms with Gasteiger partial charge in [-0.15, -0.1) is 11.8 Å². The Morgan fingerprint density at radius 3 is 2.71 bits per heavy atom. The lowest BCUT2D eigenvalue weighted by Crippen LogP contribution is -2.38. The van der Waals surface area contributed by atoms with Crippen LogP contribution < -0.4 is 11.3 Å². The summed E-state index contributed by atoms with van der Waals surface area (Å²) in [5, 5.41) is 0. The second-order valence-electron chi connectivity index (χ2n) is 4.93. The molecule has 2 rings (SSSR count). The van der Waals surface area contributed by atoms with E-state index in [0.29, 0.717) is 17.7 Å². The topological polar surface area (TPSA) is 38.0 Å². The molecule has 21 heavy (non-hydrogen) atoms. The fourth-order valence-electron chi connectivity index (χ4n) is 2.03. The summed E-state index contributed by atoms with van der Waals surface area (Å²) >= 11 is 1.64. The molecule has 0 spiro atoms. The van der Waals surface area contributed by atoms with Crippen LogP contribution >= 0.6 is 11.8 Å². The highest BCUT2D eigenvalue weighted by Gasteiger charge is 2.12. The molecular weight excluding hydrogens is 290 g/mol. The Bertz CT molecular complexity index is 605. The zero-order chi connectivity index (χ0) is 15.2. The van der Waals surface area contributed by atoms with E-state index in [-0.39, 0.29) is 6.04 Å². The zero-order valence-electron chi connectivity index (χ0n) is 11.8. The number of halogens is 2. The summed E-state index contributed by atoms with van der Waals surface area (Å²) in [6, 6.07) is 11.5. The quantitative estimate of drug-likeness (QED) is 0.488. The van der Waals surface area contributed by atoms with Crippen molar-refractivity contribution < 1.29 is 8.78 Å². The van der Waals surface area contributed by atoms with Gasteiger partial charge in [-0.2, -0.15) is 0 Å². The lowest BCUT2D eigenvalue weighted by Gasteiger charge is -2.16. The molecule has 0 aliphatic carbocycles. The molecule has 2 aromatic carbocycles. The van der Waals surface area contributed by atoms with E-state index in [0.717, 1.165) is 17.0 Å². The van der Waals surface area contributed by atoms with Gasteiger partial charge in [0.05, 0.1) is 0 Å². The third kappa shape index (κ3) is 4.81. The largest absolute Gasteiger partial charge is 0.271 e. The fraction of sp³-hybridized carbons (Fsp3) is 0.250. The molecule has 1 unspecified atom stereocenters. The molecule has 0 amide bonds. The SMILES string of the molecule is Cc1cccc(SCC(Cc2cc(F)ccc2F)NN)c1. The molecule has 0 aliphatic rings. The van der Waals surface area contributed by atoms with Crippen molar-refractivity contribution in [2.24, 2.45) is 5.84 Å². The number of hydrogen-bond acceptors (Lipinski definition) is 3. The van der Waals surface area contributed by atoms with E-state index in [1.165, 1.54) is 11.6 Å². The average molecular weight is 308 g/mol. The number of hydrazine groups is 1. The number of benzene rings is 2. The molecule has 0 bridgehead atoms. The molecule has 2 aromatic rings. The summed E-state index contributed by atoms with van der Waals surface area (Å²) in [5.74, 6) is 5.36. The van der Waals surface area contributed by atoms with Gasteiger partial charge >= 0.3 is 0 Å². The van der Waals surface area contributed by atoms with Crippen molar-refractivity contribution in [1.82, 2.24) is 5.43 Å². The summed E-state index contributed by atoms with van der Waals surface area (Å²) < 4.78 is 26.8. The molecule has 3 N–H and O–H groups in total. The van der Waals surface area contributed by atoms with Crippen LogP contribution in [0.4, 0.5) is 8.78 Å². The van der Waals surface area contributed by atoms with Crippen LogP contribution in [0.2, 0.25) is 0 Å². The van der Waals surface area contributed by atoms with Gasteiger partial charge in [-0.25, -0.2) is 8.78 Å². The fourth-order valence-corrected chi connectivity index (χ4v) is 3.08. The van der Waals surface area contributed by atoms with Gasteiger partial charge in [0, 0.05) is 16.7 Å². The first-order valence-electron chi connectivity index (χ1n) is 6.68. The van der Waals surface area contributed by atoms with Gasteiger partial charge < -0.3 is 0 Å². The molecule has 0 saturated heterocycles. The summed E-state index contributed by atoms with van der Waals surface area (Å²) in [7, 11) is 0. The highest BCUT2D eigenvalue weighted by molar-refractivity contribution is 7.99. The predicted molar refractivity (Wildman–Crippen MR) is 83.1 cm³/mol. The number of nitrogens with two attached hydrogens (primary N) is 1. The van der Waals surface area contributed by atoms with Crippen LogP contribution in [0.15, 0.2) is 47.4 Å². The Morgan fingerprint density at radius 1 is 1.19 bits per heavy atom. The van der Waals surface area contributed by atoms with Crippen molar-refractivity contribution in [3.8, 4) is 0 Å². The Labute approximate surface area is 127 Å². The Balaban J connectivity index is 1.98. The van der Waals surface area contributed by atoms with Crippen LogP contribution in [-0.4, -0.2) is 11.8 Å². The number of thioether (sulfide) groups is 1. The average Bonchev–Trinajstić information content (AvgIpc) is 2.47. The number of aryl methyl sites for hydroxylation is 1. The van der Waals surface area contributed by atoms with Crippen molar-refractivity contribution in [3.63, 3.8) is 0 Å². The van der Waals surface area contributed by atoms with Crippen molar-refractivity contribution in [2.75, 3.05) is 5.75 Å². The maximum atomic E-state index is 13.6. The molecule has 0 aromatic heterocycles. The third-order valence-corrected chi connectivity index (χ3v) is 4.31. The van der Waals surface area contributed by atoms with E-state index in [1.54, 1.807) is 11.8 Å². The van der Waals surface area contributed by atoms with Crippen LogP contribution in [0.1, 0.15) is 11.1 Å². The number of hydrogen-bond donors (Lipinski definition) is 2. The summed E-state index contributed by atoms with van der Waals surface area (Å²) in [5.41, 5.74) is 4.20. The first-order chi connectivity index (χ1) is 10.1. The number of rotatable bonds is 6. The standard InChI is InChI=1S/C16H18F2N2S/c1-11-3-2-4-15(7-11)21-10-14(20-19)9-12-8-13(17)5-6-16(12)18/h2-8,14,20H,9-10,19H2,1H3. The lowest BCUT2D eigenvalue weighted by molar-refractivity contribution is 0.538. The molecule has 112 valence electrons. The maximum absolute atomic E-state index is 13.6. The first-order valence-corrected chi connectivity index (χ1v) is 7.66. The molecule has 0 radical (unpaired) electrons. The smallest absolute Gasteiger partial charge is 0.126 e. The molecule has 5 heteroatoms. The molecule has 0 heterocycles. The van der Waals surface area contributed by atoms with Crippen LogP contribution in [0.5, 0.6) is 0 Å². The van der Waals surface area contributed by atoms with E-state index in [2.05, 4.69) is 11.5 Å². The Morgan fingerprint density at radius 2 is 2.00 bits per heavy atom. The van der Waals surface area contributed by atoms with Gasteiger partial charge in [-0.1, -0.05) is 17.7 Å². The van der Waals surface area contributed by atoms with Crippen LogP contribution in [0.3, 0.4) is 0 Å². The van der Waals surface area contributed by atoms with Crippen molar-refractivity contribution in [3.05, 3.63) is 65.2 Å². The summed E-state index contributed by atoms with van der Waals surface area (Å²) in [4.78, 5) is 1.13. The van der Waals surface area contributed by atoms with Crippen LogP contribution in [0.25, 0.3) is 0 Å².